The summed E-state index contributed by atoms with van der Waals surface area (Å²) >= 11 is 0. The number of esters is 1. The average molecular weight is 268 g/mol. The lowest BCUT2D eigenvalue weighted by molar-refractivity contribution is -0.157. The summed E-state index contributed by atoms with van der Waals surface area (Å²) in [5.41, 5.74) is -1.61. The van der Waals surface area contributed by atoms with Gasteiger partial charge in [0, 0.05) is 20.5 Å². The minimum Gasteiger partial charge on any atom is -0.457 e. The molecule has 2 heterocycles. The van der Waals surface area contributed by atoms with Crippen LogP contribution in [0.1, 0.15) is 13.3 Å². The summed E-state index contributed by atoms with van der Waals surface area (Å²) in [6.07, 6.45) is 3.20. The van der Waals surface area contributed by atoms with E-state index in [-0.39, 0.29) is 18.7 Å². The fourth-order valence-corrected chi connectivity index (χ4v) is 3.15. The second-order valence-electron chi connectivity index (χ2n) is 4.82. The van der Waals surface area contributed by atoms with Gasteiger partial charge in [-0.2, -0.15) is 0 Å². The van der Waals surface area contributed by atoms with Gasteiger partial charge in [0.25, 0.3) is 0 Å². The highest BCUT2D eigenvalue weighted by Crippen LogP contribution is 2.51. The van der Waals surface area contributed by atoms with Crippen LogP contribution in [0.15, 0.2) is 25.3 Å². The summed E-state index contributed by atoms with van der Waals surface area (Å²) in [5, 5.41) is 0. The SMILES string of the molecule is C=CC[C@]12OCC(OC(C)=O)[C@@]1(C=C)OCC2OC. The van der Waals surface area contributed by atoms with Crippen molar-refractivity contribution in [3.63, 3.8) is 0 Å². The summed E-state index contributed by atoms with van der Waals surface area (Å²) in [6.45, 7) is 9.61. The highest BCUT2D eigenvalue weighted by Gasteiger charge is 2.70. The quantitative estimate of drug-likeness (QED) is 0.554. The van der Waals surface area contributed by atoms with Gasteiger partial charge in [0.15, 0.2) is 11.7 Å². The van der Waals surface area contributed by atoms with E-state index in [0.29, 0.717) is 13.0 Å². The molecule has 2 unspecified atom stereocenters. The number of rotatable bonds is 5. The number of hydrogen-bond acceptors (Lipinski definition) is 5. The molecule has 0 aromatic rings. The number of methoxy groups -OCH3 is 1. The van der Waals surface area contributed by atoms with Crippen molar-refractivity contribution in [3.8, 4) is 0 Å². The maximum absolute atomic E-state index is 11.2. The van der Waals surface area contributed by atoms with Crippen molar-refractivity contribution in [1.82, 2.24) is 0 Å². The molecule has 0 spiro atoms. The zero-order valence-electron chi connectivity index (χ0n) is 11.4. The third-order valence-corrected chi connectivity index (χ3v) is 3.97. The Hall–Kier alpha value is -1.17. The first-order valence-corrected chi connectivity index (χ1v) is 6.28. The summed E-state index contributed by atoms with van der Waals surface area (Å²) in [4.78, 5) is 11.2. The predicted octanol–water partition coefficient (Wildman–Crippen LogP) is 1.23. The van der Waals surface area contributed by atoms with E-state index in [0.717, 1.165) is 0 Å². The van der Waals surface area contributed by atoms with Gasteiger partial charge in [-0.25, -0.2) is 0 Å². The van der Waals surface area contributed by atoms with E-state index in [1.54, 1.807) is 19.3 Å². The minimum absolute atomic E-state index is 0.246. The smallest absolute Gasteiger partial charge is 0.303 e. The largest absolute Gasteiger partial charge is 0.457 e. The Labute approximate surface area is 113 Å². The van der Waals surface area contributed by atoms with Crippen LogP contribution in [-0.2, 0) is 23.7 Å². The van der Waals surface area contributed by atoms with Crippen molar-refractivity contribution in [2.45, 2.75) is 36.8 Å². The molecule has 19 heavy (non-hydrogen) atoms. The molecule has 2 saturated heterocycles. The molecular weight excluding hydrogens is 248 g/mol. The molecule has 5 nitrogen and oxygen atoms in total. The Kier molecular flexibility index (Phi) is 3.80. The molecule has 106 valence electrons. The van der Waals surface area contributed by atoms with E-state index >= 15 is 0 Å². The van der Waals surface area contributed by atoms with Crippen LogP contribution in [0.5, 0.6) is 0 Å². The third kappa shape index (κ3) is 1.84. The Morgan fingerprint density at radius 3 is 2.58 bits per heavy atom. The summed E-state index contributed by atoms with van der Waals surface area (Å²) in [6, 6.07) is 0. The van der Waals surface area contributed by atoms with Crippen molar-refractivity contribution in [1.29, 1.82) is 0 Å². The van der Waals surface area contributed by atoms with E-state index < -0.39 is 17.3 Å². The molecule has 2 aliphatic heterocycles. The molecule has 0 amide bonds. The van der Waals surface area contributed by atoms with E-state index in [9.17, 15) is 4.79 Å². The first kappa shape index (κ1) is 14.2. The van der Waals surface area contributed by atoms with Gasteiger partial charge in [-0.1, -0.05) is 18.7 Å². The van der Waals surface area contributed by atoms with E-state index in [1.165, 1.54) is 6.92 Å². The average Bonchev–Trinajstić information content (AvgIpc) is 2.83. The first-order chi connectivity index (χ1) is 9.06. The third-order valence-electron chi connectivity index (χ3n) is 3.97. The van der Waals surface area contributed by atoms with Crippen LogP contribution in [0.3, 0.4) is 0 Å². The maximum atomic E-state index is 11.2. The molecule has 2 rings (SSSR count). The molecule has 0 N–H and O–H groups in total. The number of carbonyl (C=O) groups is 1. The van der Waals surface area contributed by atoms with Crippen LogP contribution in [-0.4, -0.2) is 49.7 Å². The predicted molar refractivity (Wildman–Crippen MR) is 68.7 cm³/mol. The molecule has 0 bridgehead atoms. The van der Waals surface area contributed by atoms with Crippen molar-refractivity contribution in [2.75, 3.05) is 20.3 Å². The highest BCUT2D eigenvalue weighted by atomic mass is 16.7. The van der Waals surface area contributed by atoms with Crippen LogP contribution in [0.25, 0.3) is 0 Å². The summed E-state index contributed by atoms with van der Waals surface area (Å²) < 4.78 is 22.6. The number of ether oxygens (including phenoxy) is 4. The fraction of sp³-hybridized carbons (Fsp3) is 0.643. The van der Waals surface area contributed by atoms with E-state index in [1.807, 2.05) is 0 Å². The van der Waals surface area contributed by atoms with Gasteiger partial charge in [-0.15, -0.1) is 6.58 Å². The monoisotopic (exact) mass is 268 g/mol. The van der Waals surface area contributed by atoms with Crippen LogP contribution >= 0.6 is 0 Å². The molecule has 0 aromatic heterocycles. The van der Waals surface area contributed by atoms with Crippen molar-refractivity contribution in [2.24, 2.45) is 0 Å². The normalized spacial score (nSPS) is 40.7. The lowest BCUT2D eigenvalue weighted by Gasteiger charge is -2.38. The van der Waals surface area contributed by atoms with Crippen molar-refractivity contribution >= 4 is 5.97 Å². The Morgan fingerprint density at radius 1 is 1.37 bits per heavy atom. The molecule has 0 radical (unpaired) electrons. The number of hydrogen-bond donors (Lipinski definition) is 0. The van der Waals surface area contributed by atoms with Crippen LogP contribution in [0.2, 0.25) is 0 Å². The summed E-state index contributed by atoms with van der Waals surface area (Å²) in [5.74, 6) is -0.367. The van der Waals surface area contributed by atoms with Crippen molar-refractivity contribution in [3.05, 3.63) is 25.3 Å². The van der Waals surface area contributed by atoms with Gasteiger partial charge in [-0.3, -0.25) is 4.79 Å². The van der Waals surface area contributed by atoms with Gasteiger partial charge in [-0.05, 0) is 0 Å². The van der Waals surface area contributed by atoms with Gasteiger partial charge in [0.1, 0.15) is 11.7 Å². The highest BCUT2D eigenvalue weighted by molar-refractivity contribution is 5.66. The molecule has 0 aliphatic carbocycles. The summed E-state index contributed by atoms with van der Waals surface area (Å²) in [7, 11) is 1.61. The second-order valence-corrected chi connectivity index (χ2v) is 4.82. The first-order valence-electron chi connectivity index (χ1n) is 6.28. The van der Waals surface area contributed by atoms with Gasteiger partial charge < -0.3 is 18.9 Å². The Bertz CT molecular complexity index is 393. The van der Waals surface area contributed by atoms with Crippen LogP contribution in [0.4, 0.5) is 0 Å². The van der Waals surface area contributed by atoms with E-state index in [2.05, 4.69) is 13.2 Å². The zero-order valence-corrected chi connectivity index (χ0v) is 11.4. The van der Waals surface area contributed by atoms with Crippen molar-refractivity contribution < 1.29 is 23.7 Å². The molecule has 4 atom stereocenters. The lowest BCUT2D eigenvalue weighted by Crippen LogP contribution is -2.57. The molecule has 0 aromatic carbocycles. The van der Waals surface area contributed by atoms with Gasteiger partial charge >= 0.3 is 5.97 Å². The molecular formula is C14H20O5. The maximum Gasteiger partial charge on any atom is 0.303 e. The number of carbonyl (C=O) groups excluding carboxylic acids is 1. The number of fused-ring (bicyclic) bond motifs is 1. The topological polar surface area (TPSA) is 54.0 Å². The molecule has 0 saturated carbocycles. The molecule has 2 aliphatic rings. The molecule has 2 fully saturated rings. The van der Waals surface area contributed by atoms with Gasteiger partial charge in [0.2, 0.25) is 0 Å². The van der Waals surface area contributed by atoms with E-state index in [4.69, 9.17) is 18.9 Å². The zero-order chi connectivity index (χ0) is 14.1. The molecule has 5 heteroatoms. The minimum atomic E-state index is -0.881. The van der Waals surface area contributed by atoms with Crippen LogP contribution in [0, 0.1) is 0 Å². The van der Waals surface area contributed by atoms with Crippen LogP contribution < -0.4 is 0 Å². The lowest BCUT2D eigenvalue weighted by atomic mass is 9.77. The Morgan fingerprint density at radius 2 is 2.05 bits per heavy atom. The second kappa shape index (κ2) is 5.07. The fourth-order valence-electron chi connectivity index (χ4n) is 3.15. The Balaban J connectivity index is 2.41. The van der Waals surface area contributed by atoms with Gasteiger partial charge in [0.05, 0.1) is 13.2 Å². The standard InChI is InChI=1S/C14H20O5/c1-5-7-14-11(16-4)8-17-13(14,6-2)12(9-18-14)19-10(3)15/h5-6,11-12H,1-2,7-9H2,3-4H3/t11?,12?,13-,14-/m1/s1.